The van der Waals surface area contributed by atoms with Gasteiger partial charge >= 0.3 is 13.6 Å². The van der Waals surface area contributed by atoms with Crippen molar-refractivity contribution in [3.63, 3.8) is 0 Å². The Bertz CT molecular complexity index is 207. The highest BCUT2D eigenvalue weighted by Gasteiger charge is 2.40. The van der Waals surface area contributed by atoms with Crippen molar-refractivity contribution in [1.82, 2.24) is 0 Å². The number of carbonyl (C=O) groups is 1. The maximum atomic E-state index is 10.5. The molecule has 0 saturated heterocycles. The van der Waals surface area contributed by atoms with Gasteiger partial charge in [0.2, 0.25) is 0 Å². The Morgan fingerprint density at radius 3 is 2.09 bits per heavy atom. The molecule has 0 fully saturated rings. The highest BCUT2D eigenvalue weighted by molar-refractivity contribution is 7.53. The minimum Gasteiger partial charge on any atom is -0.481 e. The molecule has 0 aromatic carbocycles. The standard InChI is InChI=1S/C4H10NO5P/c1-4(5,2-3(6)7)11(8,9)10/h2,5H2,1H3,(H,6,7)(H2,8,9,10). The Kier molecular flexibility index (Phi) is 2.79. The van der Waals surface area contributed by atoms with Crippen LogP contribution in [0.4, 0.5) is 0 Å². The molecule has 6 nitrogen and oxygen atoms in total. The van der Waals surface area contributed by atoms with Crippen LogP contribution in [0.2, 0.25) is 0 Å². The molecule has 0 rings (SSSR count). The lowest BCUT2D eigenvalue weighted by molar-refractivity contribution is -0.137. The van der Waals surface area contributed by atoms with E-state index in [4.69, 9.17) is 20.6 Å². The van der Waals surface area contributed by atoms with Crippen LogP contribution >= 0.6 is 7.60 Å². The largest absolute Gasteiger partial charge is 0.481 e. The first kappa shape index (κ1) is 10.6. The van der Waals surface area contributed by atoms with Gasteiger partial charge in [-0.3, -0.25) is 9.36 Å². The molecule has 0 aromatic heterocycles. The molecule has 1 unspecified atom stereocenters. The summed E-state index contributed by atoms with van der Waals surface area (Å²) in [5.74, 6) is -1.33. The Morgan fingerprint density at radius 1 is 1.64 bits per heavy atom. The summed E-state index contributed by atoms with van der Waals surface area (Å²) in [6, 6.07) is 0. The van der Waals surface area contributed by atoms with Crippen molar-refractivity contribution in [2.45, 2.75) is 18.6 Å². The van der Waals surface area contributed by atoms with E-state index in [0.717, 1.165) is 6.92 Å². The maximum Gasteiger partial charge on any atom is 0.345 e. The zero-order valence-electron chi connectivity index (χ0n) is 5.89. The molecular formula is C4H10NO5P. The minimum absolute atomic E-state index is 0.753. The molecule has 11 heavy (non-hydrogen) atoms. The topological polar surface area (TPSA) is 121 Å². The van der Waals surface area contributed by atoms with Crippen LogP contribution in [0.3, 0.4) is 0 Å². The number of aliphatic carboxylic acids is 1. The predicted octanol–water partition coefficient (Wildman–Crippen LogP) is -0.686. The SMILES string of the molecule is CC(N)(CC(=O)O)P(=O)(O)O. The fraction of sp³-hybridized carbons (Fsp3) is 0.750. The summed E-state index contributed by atoms with van der Waals surface area (Å²) in [5, 5.41) is 6.22. The second-order valence-electron chi connectivity index (χ2n) is 2.47. The lowest BCUT2D eigenvalue weighted by atomic mass is 10.2. The van der Waals surface area contributed by atoms with E-state index in [1.165, 1.54) is 0 Å². The number of hydrogen-bond donors (Lipinski definition) is 4. The van der Waals surface area contributed by atoms with E-state index in [9.17, 15) is 9.36 Å². The third kappa shape index (κ3) is 2.98. The molecule has 0 aliphatic carbocycles. The molecule has 66 valence electrons. The monoisotopic (exact) mass is 183 g/mol. The van der Waals surface area contributed by atoms with E-state index >= 15 is 0 Å². The third-order valence-electron chi connectivity index (χ3n) is 1.17. The van der Waals surface area contributed by atoms with Crippen molar-refractivity contribution in [2.75, 3.05) is 0 Å². The van der Waals surface area contributed by atoms with Gasteiger partial charge in [0.1, 0.15) is 5.28 Å². The van der Waals surface area contributed by atoms with Gasteiger partial charge in [-0.1, -0.05) is 0 Å². The van der Waals surface area contributed by atoms with E-state index in [2.05, 4.69) is 0 Å². The summed E-state index contributed by atoms with van der Waals surface area (Å²) in [6.45, 7) is 1.00. The van der Waals surface area contributed by atoms with E-state index < -0.39 is 25.3 Å². The van der Waals surface area contributed by atoms with Gasteiger partial charge in [-0.05, 0) is 6.92 Å². The van der Waals surface area contributed by atoms with Gasteiger partial charge in [-0.15, -0.1) is 0 Å². The van der Waals surface area contributed by atoms with Crippen LogP contribution in [0.5, 0.6) is 0 Å². The van der Waals surface area contributed by atoms with Crippen molar-refractivity contribution < 1.29 is 24.3 Å². The predicted molar refractivity (Wildman–Crippen MR) is 36.9 cm³/mol. The highest BCUT2D eigenvalue weighted by atomic mass is 31.2. The van der Waals surface area contributed by atoms with Gasteiger partial charge in [-0.2, -0.15) is 0 Å². The molecule has 0 radical (unpaired) electrons. The molecule has 0 heterocycles. The Hall–Kier alpha value is -0.420. The van der Waals surface area contributed by atoms with Crippen LogP contribution in [0.15, 0.2) is 0 Å². The van der Waals surface area contributed by atoms with Crippen LogP contribution in [0.1, 0.15) is 13.3 Å². The highest BCUT2D eigenvalue weighted by Crippen LogP contribution is 2.48. The molecule has 0 amide bonds. The van der Waals surface area contributed by atoms with Gasteiger partial charge in [-0.25, -0.2) is 0 Å². The van der Waals surface area contributed by atoms with Crippen LogP contribution in [-0.4, -0.2) is 26.1 Å². The lowest BCUT2D eigenvalue weighted by Crippen LogP contribution is -2.38. The molecule has 0 aromatic rings. The van der Waals surface area contributed by atoms with Crippen molar-refractivity contribution in [2.24, 2.45) is 5.73 Å². The first-order valence-corrected chi connectivity index (χ1v) is 4.34. The van der Waals surface area contributed by atoms with Crippen molar-refractivity contribution in [3.05, 3.63) is 0 Å². The third-order valence-corrected chi connectivity index (χ3v) is 2.66. The zero-order chi connectivity index (χ0) is 9.28. The van der Waals surface area contributed by atoms with Gasteiger partial charge in [0.25, 0.3) is 0 Å². The second-order valence-corrected chi connectivity index (χ2v) is 4.58. The number of carboxylic acids is 1. The number of carboxylic acid groups (broad SMARTS) is 1. The quantitative estimate of drug-likeness (QED) is 0.430. The molecule has 5 N–H and O–H groups in total. The Labute approximate surface area is 63.2 Å². The van der Waals surface area contributed by atoms with Gasteiger partial charge in [0.15, 0.2) is 0 Å². The molecule has 1 atom stereocenters. The first-order valence-electron chi connectivity index (χ1n) is 2.73. The summed E-state index contributed by atoms with van der Waals surface area (Å²) < 4.78 is 10.5. The van der Waals surface area contributed by atoms with E-state index in [-0.39, 0.29) is 0 Å². The summed E-state index contributed by atoms with van der Waals surface area (Å²) in [6.07, 6.45) is -0.753. The fourth-order valence-electron chi connectivity index (χ4n) is 0.409. The van der Waals surface area contributed by atoms with Gasteiger partial charge in [0, 0.05) is 0 Å². The first-order chi connectivity index (χ1) is 4.67. The van der Waals surface area contributed by atoms with Gasteiger partial charge < -0.3 is 20.6 Å². The van der Waals surface area contributed by atoms with Crippen molar-refractivity contribution in [1.29, 1.82) is 0 Å². The molecule has 0 aliphatic rings. The molecule has 7 heteroatoms. The number of hydrogen-bond acceptors (Lipinski definition) is 3. The van der Waals surface area contributed by atoms with E-state index in [1.807, 2.05) is 0 Å². The van der Waals surface area contributed by atoms with Crippen molar-refractivity contribution >= 4 is 13.6 Å². The molecule has 0 spiro atoms. The Balaban J connectivity index is 4.48. The zero-order valence-corrected chi connectivity index (χ0v) is 6.78. The maximum absolute atomic E-state index is 10.5. The van der Waals surface area contributed by atoms with Gasteiger partial charge in [0.05, 0.1) is 6.42 Å². The van der Waals surface area contributed by atoms with Crippen LogP contribution < -0.4 is 5.73 Å². The Morgan fingerprint density at radius 2 is 2.00 bits per heavy atom. The molecular weight excluding hydrogens is 173 g/mol. The minimum atomic E-state index is -4.53. The van der Waals surface area contributed by atoms with Crippen LogP contribution in [0, 0.1) is 0 Å². The fourth-order valence-corrected chi connectivity index (χ4v) is 0.750. The molecule has 0 bridgehead atoms. The lowest BCUT2D eigenvalue weighted by Gasteiger charge is -2.22. The van der Waals surface area contributed by atoms with Crippen molar-refractivity contribution in [3.8, 4) is 0 Å². The normalized spacial score (nSPS) is 17.5. The van der Waals surface area contributed by atoms with Crippen LogP contribution in [0.25, 0.3) is 0 Å². The van der Waals surface area contributed by atoms with E-state index in [1.54, 1.807) is 0 Å². The molecule has 0 aliphatic heterocycles. The summed E-state index contributed by atoms with van der Waals surface area (Å²) in [4.78, 5) is 27.1. The number of rotatable bonds is 3. The van der Waals surface area contributed by atoms with E-state index in [0.29, 0.717) is 0 Å². The molecule has 0 saturated carbocycles. The number of nitrogens with two attached hydrogens (primary N) is 1. The smallest absolute Gasteiger partial charge is 0.345 e. The van der Waals surface area contributed by atoms with Crippen LogP contribution in [-0.2, 0) is 9.36 Å². The average molecular weight is 183 g/mol. The summed E-state index contributed by atoms with van der Waals surface area (Å²) >= 11 is 0. The summed E-state index contributed by atoms with van der Waals surface area (Å²) in [5.41, 5.74) is 5.05. The summed E-state index contributed by atoms with van der Waals surface area (Å²) in [7, 11) is -4.53. The average Bonchev–Trinajstić information content (AvgIpc) is 1.56. The second kappa shape index (κ2) is 2.91.